The Balaban J connectivity index is 2.74. The van der Waals surface area contributed by atoms with Crippen LogP contribution in [0.2, 0.25) is 5.02 Å². The van der Waals surface area contributed by atoms with Gasteiger partial charge in [0, 0.05) is 10.6 Å². The van der Waals surface area contributed by atoms with E-state index in [1.165, 1.54) is 0 Å². The van der Waals surface area contributed by atoms with Crippen LogP contribution in [0.5, 0.6) is 0 Å². The summed E-state index contributed by atoms with van der Waals surface area (Å²) in [5.41, 5.74) is 0.462. The molecule has 88 valence electrons. The molecule has 0 aliphatic heterocycles. The van der Waals surface area contributed by atoms with E-state index in [0.29, 0.717) is 5.02 Å². The van der Waals surface area contributed by atoms with Gasteiger partial charge in [0.1, 0.15) is 5.38 Å². The van der Waals surface area contributed by atoms with Crippen molar-refractivity contribution >= 4 is 29.1 Å². The van der Waals surface area contributed by atoms with Gasteiger partial charge in [-0.1, -0.05) is 23.7 Å². The van der Waals surface area contributed by atoms with Crippen LogP contribution in [0, 0.1) is 0 Å². The molecule has 0 spiro atoms. The molecule has 0 fully saturated rings. The lowest BCUT2D eigenvalue weighted by atomic mass is 10.1. The fraction of sp³-hybridized carbons (Fsp3) is 0.417. The molecule has 0 aliphatic rings. The van der Waals surface area contributed by atoms with E-state index in [1.807, 2.05) is 20.8 Å². The molecule has 0 aromatic heterocycles. The van der Waals surface area contributed by atoms with Gasteiger partial charge in [-0.05, 0) is 38.5 Å². The monoisotopic (exact) mass is 259 g/mol. The summed E-state index contributed by atoms with van der Waals surface area (Å²) in [6, 6.07) is 6.94. The van der Waals surface area contributed by atoms with Gasteiger partial charge in [0.15, 0.2) is 0 Å². The predicted octanol–water partition coefficient (Wildman–Crippen LogP) is 3.53. The van der Waals surface area contributed by atoms with Crippen LogP contribution in [0.15, 0.2) is 24.3 Å². The number of nitrogens with one attached hydrogen (secondary N) is 1. The second-order valence-corrected chi connectivity index (χ2v) is 5.53. The topological polar surface area (TPSA) is 29.1 Å². The number of halogens is 2. The zero-order valence-corrected chi connectivity index (χ0v) is 11.1. The molecule has 0 saturated carbocycles. The molecule has 1 aromatic rings. The normalized spacial score (nSPS) is 13.3. The second-order valence-electron chi connectivity index (χ2n) is 4.65. The van der Waals surface area contributed by atoms with Gasteiger partial charge < -0.3 is 5.32 Å². The molecule has 0 aliphatic carbocycles. The highest BCUT2D eigenvalue weighted by atomic mass is 35.5. The highest BCUT2D eigenvalue weighted by Gasteiger charge is 2.22. The fourth-order valence-electron chi connectivity index (χ4n) is 1.22. The zero-order chi connectivity index (χ0) is 12.3. The van der Waals surface area contributed by atoms with E-state index in [0.717, 1.165) is 5.56 Å². The van der Waals surface area contributed by atoms with E-state index in [2.05, 4.69) is 5.32 Å². The van der Waals surface area contributed by atoms with Crippen LogP contribution in [-0.4, -0.2) is 11.4 Å². The maximum Gasteiger partial charge on any atom is 0.242 e. The van der Waals surface area contributed by atoms with Crippen molar-refractivity contribution < 1.29 is 4.79 Å². The van der Waals surface area contributed by atoms with E-state index in [4.69, 9.17) is 23.2 Å². The molecule has 1 atom stereocenters. The number of carbonyl (C=O) groups excluding carboxylic acids is 1. The Labute approximate surface area is 106 Å². The Morgan fingerprint density at radius 3 is 2.19 bits per heavy atom. The SMILES string of the molecule is CC(C)(C)NC(=O)C(Cl)c1ccc(Cl)cc1. The third kappa shape index (κ3) is 4.03. The lowest BCUT2D eigenvalue weighted by molar-refractivity contribution is -0.122. The zero-order valence-electron chi connectivity index (χ0n) is 9.55. The van der Waals surface area contributed by atoms with Gasteiger partial charge in [0.25, 0.3) is 0 Å². The first-order valence-electron chi connectivity index (χ1n) is 5.01. The maximum atomic E-state index is 11.8. The molecule has 1 unspecified atom stereocenters. The third-order valence-corrected chi connectivity index (χ3v) is 2.59. The number of benzene rings is 1. The largest absolute Gasteiger partial charge is 0.350 e. The van der Waals surface area contributed by atoms with Gasteiger partial charge >= 0.3 is 0 Å². The number of carbonyl (C=O) groups is 1. The van der Waals surface area contributed by atoms with E-state index in [9.17, 15) is 4.79 Å². The highest BCUT2D eigenvalue weighted by Crippen LogP contribution is 2.23. The quantitative estimate of drug-likeness (QED) is 0.810. The average Bonchev–Trinajstić information content (AvgIpc) is 2.15. The summed E-state index contributed by atoms with van der Waals surface area (Å²) in [5, 5.41) is 2.77. The lowest BCUT2D eigenvalue weighted by Gasteiger charge is -2.22. The lowest BCUT2D eigenvalue weighted by Crippen LogP contribution is -2.42. The van der Waals surface area contributed by atoms with Gasteiger partial charge in [-0.15, -0.1) is 11.6 Å². The van der Waals surface area contributed by atoms with Gasteiger partial charge in [-0.25, -0.2) is 0 Å². The molecular weight excluding hydrogens is 245 g/mol. The number of hydrogen-bond acceptors (Lipinski definition) is 1. The summed E-state index contributed by atoms with van der Waals surface area (Å²) in [5.74, 6) is -0.198. The van der Waals surface area contributed by atoms with E-state index in [-0.39, 0.29) is 11.4 Å². The van der Waals surface area contributed by atoms with Gasteiger partial charge in [0.05, 0.1) is 0 Å². The van der Waals surface area contributed by atoms with Crippen LogP contribution in [0.1, 0.15) is 31.7 Å². The molecule has 0 radical (unpaired) electrons. The minimum atomic E-state index is -0.684. The van der Waals surface area contributed by atoms with E-state index >= 15 is 0 Å². The van der Waals surface area contributed by atoms with Crippen molar-refractivity contribution in [2.45, 2.75) is 31.7 Å². The van der Waals surface area contributed by atoms with Crippen molar-refractivity contribution in [2.24, 2.45) is 0 Å². The standard InChI is InChI=1S/C12H15Cl2NO/c1-12(2,3)15-11(16)10(14)8-4-6-9(13)7-5-8/h4-7,10H,1-3H3,(H,15,16). The summed E-state index contributed by atoms with van der Waals surface area (Å²) in [6.45, 7) is 5.74. The Bertz CT molecular complexity index is 368. The van der Waals surface area contributed by atoms with E-state index < -0.39 is 5.38 Å². The summed E-state index contributed by atoms with van der Waals surface area (Å²) in [6.07, 6.45) is 0. The first-order valence-corrected chi connectivity index (χ1v) is 5.82. The maximum absolute atomic E-state index is 11.8. The predicted molar refractivity (Wildman–Crippen MR) is 67.9 cm³/mol. The molecule has 1 amide bonds. The van der Waals surface area contributed by atoms with Crippen molar-refractivity contribution in [1.29, 1.82) is 0 Å². The van der Waals surface area contributed by atoms with Crippen LogP contribution in [0.4, 0.5) is 0 Å². The smallest absolute Gasteiger partial charge is 0.242 e. The molecule has 0 bridgehead atoms. The minimum absolute atomic E-state index is 0.198. The van der Waals surface area contributed by atoms with Crippen LogP contribution in [-0.2, 0) is 4.79 Å². The number of alkyl halides is 1. The van der Waals surface area contributed by atoms with Crippen LogP contribution in [0.25, 0.3) is 0 Å². The first-order chi connectivity index (χ1) is 7.29. The van der Waals surface area contributed by atoms with Gasteiger partial charge in [-0.2, -0.15) is 0 Å². The molecule has 2 nitrogen and oxygen atoms in total. The van der Waals surface area contributed by atoms with Crippen molar-refractivity contribution in [3.8, 4) is 0 Å². The molecule has 16 heavy (non-hydrogen) atoms. The molecule has 0 heterocycles. The summed E-state index contributed by atoms with van der Waals surface area (Å²) in [7, 11) is 0. The molecule has 1 aromatic carbocycles. The average molecular weight is 260 g/mol. The minimum Gasteiger partial charge on any atom is -0.350 e. The van der Waals surface area contributed by atoms with Crippen molar-refractivity contribution in [2.75, 3.05) is 0 Å². The molecule has 0 saturated heterocycles. The molecule has 1 rings (SSSR count). The van der Waals surface area contributed by atoms with Crippen LogP contribution < -0.4 is 5.32 Å². The van der Waals surface area contributed by atoms with Crippen LogP contribution in [0.3, 0.4) is 0 Å². The first kappa shape index (κ1) is 13.3. The fourth-order valence-corrected chi connectivity index (χ4v) is 1.54. The number of hydrogen-bond donors (Lipinski definition) is 1. The molecule has 1 N–H and O–H groups in total. The summed E-state index contributed by atoms with van der Waals surface area (Å²) < 4.78 is 0. The highest BCUT2D eigenvalue weighted by molar-refractivity contribution is 6.31. The summed E-state index contributed by atoms with van der Waals surface area (Å²) in [4.78, 5) is 11.8. The van der Waals surface area contributed by atoms with Gasteiger partial charge in [0.2, 0.25) is 5.91 Å². The van der Waals surface area contributed by atoms with Crippen molar-refractivity contribution in [1.82, 2.24) is 5.32 Å². The Morgan fingerprint density at radius 1 is 1.25 bits per heavy atom. The number of rotatable bonds is 2. The van der Waals surface area contributed by atoms with Gasteiger partial charge in [-0.3, -0.25) is 4.79 Å². The Hall–Kier alpha value is -0.730. The Kier molecular flexibility index (Phi) is 4.22. The second kappa shape index (κ2) is 5.07. The Morgan fingerprint density at radius 2 is 1.75 bits per heavy atom. The van der Waals surface area contributed by atoms with Crippen molar-refractivity contribution in [3.63, 3.8) is 0 Å². The molecule has 4 heteroatoms. The summed E-state index contributed by atoms with van der Waals surface area (Å²) >= 11 is 11.8. The number of amides is 1. The van der Waals surface area contributed by atoms with Crippen LogP contribution >= 0.6 is 23.2 Å². The van der Waals surface area contributed by atoms with E-state index in [1.54, 1.807) is 24.3 Å². The van der Waals surface area contributed by atoms with Crippen molar-refractivity contribution in [3.05, 3.63) is 34.9 Å². The molecular formula is C12H15Cl2NO. The third-order valence-electron chi connectivity index (χ3n) is 1.89.